The molecule has 0 atom stereocenters. The number of benzene rings is 2. The fourth-order valence-electron chi connectivity index (χ4n) is 2.18. The van der Waals surface area contributed by atoms with Gasteiger partial charge < -0.3 is 9.80 Å². The lowest BCUT2D eigenvalue weighted by Crippen LogP contribution is -2.36. The second-order valence-corrected chi connectivity index (χ2v) is 5.50. The summed E-state index contributed by atoms with van der Waals surface area (Å²) in [5, 5.41) is 0. The Morgan fingerprint density at radius 2 is 1.59 bits per heavy atom. The molecule has 0 saturated carbocycles. The largest absolute Gasteiger partial charge is 0.333 e. The third-order valence-electron chi connectivity index (χ3n) is 3.42. The molecular weight excluding hydrogens is 279 g/mol. The van der Waals surface area contributed by atoms with Gasteiger partial charge in [0.2, 0.25) is 0 Å². The first-order valence-electron chi connectivity index (χ1n) is 7.30. The van der Waals surface area contributed by atoms with Crippen LogP contribution in [0.3, 0.4) is 0 Å². The number of nitrogens with zero attached hydrogens (tertiary/aromatic N) is 2. The molecule has 1 amide bonds. The first kappa shape index (κ1) is 16.2. The molecule has 4 heteroatoms. The molecule has 0 aliphatic heterocycles. The molecule has 0 aromatic heterocycles. The maximum Gasteiger partial charge on any atom is 0.257 e. The molecule has 0 aliphatic carbocycles. The molecule has 2 rings (SSSR count). The van der Waals surface area contributed by atoms with Crippen LogP contribution in [0.25, 0.3) is 0 Å². The van der Waals surface area contributed by atoms with Crippen molar-refractivity contribution in [3.63, 3.8) is 0 Å². The van der Waals surface area contributed by atoms with Crippen LogP contribution < -0.4 is 0 Å². The number of carbonyl (C=O) groups excluding carboxylic acids is 1. The quantitative estimate of drug-likeness (QED) is 0.818. The van der Waals surface area contributed by atoms with Gasteiger partial charge in [-0.3, -0.25) is 4.79 Å². The minimum absolute atomic E-state index is 0.122. The molecular formula is C18H21FN2O. The molecule has 0 saturated heterocycles. The van der Waals surface area contributed by atoms with Gasteiger partial charge in [0.05, 0.1) is 5.56 Å². The molecule has 0 aliphatic rings. The summed E-state index contributed by atoms with van der Waals surface area (Å²) in [5.41, 5.74) is 1.16. The zero-order valence-electron chi connectivity index (χ0n) is 13.0. The van der Waals surface area contributed by atoms with Gasteiger partial charge in [-0.2, -0.15) is 0 Å². The van der Waals surface area contributed by atoms with Gasteiger partial charge in [0.15, 0.2) is 0 Å². The number of halogens is 1. The van der Waals surface area contributed by atoms with E-state index in [0.717, 1.165) is 12.1 Å². The highest BCUT2D eigenvalue weighted by atomic mass is 19.1. The van der Waals surface area contributed by atoms with Crippen LogP contribution in [-0.2, 0) is 6.54 Å². The maximum absolute atomic E-state index is 13.9. The van der Waals surface area contributed by atoms with E-state index in [1.807, 2.05) is 49.3 Å². The Bertz CT molecular complexity index is 613. The zero-order chi connectivity index (χ0) is 15.9. The van der Waals surface area contributed by atoms with Crippen molar-refractivity contribution in [1.29, 1.82) is 0 Å². The monoisotopic (exact) mass is 300 g/mol. The molecule has 2 aromatic rings. The summed E-state index contributed by atoms with van der Waals surface area (Å²) in [6, 6.07) is 15.9. The van der Waals surface area contributed by atoms with Crippen molar-refractivity contribution in [2.45, 2.75) is 6.54 Å². The first-order valence-corrected chi connectivity index (χ1v) is 7.30. The molecule has 0 N–H and O–H groups in total. The van der Waals surface area contributed by atoms with Gasteiger partial charge >= 0.3 is 0 Å². The Hall–Kier alpha value is -2.20. The predicted octanol–water partition coefficient (Wildman–Crippen LogP) is 3.03. The highest BCUT2D eigenvalue weighted by Gasteiger charge is 2.19. The molecule has 0 heterocycles. The minimum atomic E-state index is -0.476. The summed E-state index contributed by atoms with van der Waals surface area (Å²) in [7, 11) is 3.91. The summed E-state index contributed by atoms with van der Waals surface area (Å²) in [5.74, 6) is -0.751. The van der Waals surface area contributed by atoms with Gasteiger partial charge in [0, 0.05) is 19.6 Å². The lowest BCUT2D eigenvalue weighted by atomic mass is 10.1. The van der Waals surface area contributed by atoms with Crippen LogP contribution in [0.15, 0.2) is 54.6 Å². The Kier molecular flexibility index (Phi) is 5.67. The third-order valence-corrected chi connectivity index (χ3v) is 3.42. The van der Waals surface area contributed by atoms with Crippen molar-refractivity contribution in [2.75, 3.05) is 27.2 Å². The highest BCUT2D eigenvalue weighted by molar-refractivity contribution is 5.94. The summed E-state index contributed by atoms with van der Waals surface area (Å²) in [6.07, 6.45) is 0. The fourth-order valence-corrected chi connectivity index (χ4v) is 2.18. The number of likely N-dealkylation sites (N-methyl/N-ethyl adjacent to an activating group) is 1. The van der Waals surface area contributed by atoms with E-state index in [9.17, 15) is 9.18 Å². The molecule has 0 spiro atoms. The van der Waals surface area contributed by atoms with Crippen LogP contribution in [0.2, 0.25) is 0 Å². The lowest BCUT2D eigenvalue weighted by Gasteiger charge is -2.25. The minimum Gasteiger partial charge on any atom is -0.333 e. The van der Waals surface area contributed by atoms with Crippen LogP contribution in [0.1, 0.15) is 15.9 Å². The van der Waals surface area contributed by atoms with Crippen molar-refractivity contribution >= 4 is 5.91 Å². The van der Waals surface area contributed by atoms with Gasteiger partial charge in [0.25, 0.3) is 5.91 Å². The molecule has 0 bridgehead atoms. The average molecular weight is 300 g/mol. The van der Waals surface area contributed by atoms with Crippen molar-refractivity contribution in [3.05, 3.63) is 71.5 Å². The number of amides is 1. The van der Waals surface area contributed by atoms with E-state index in [0.29, 0.717) is 13.1 Å². The topological polar surface area (TPSA) is 23.6 Å². The van der Waals surface area contributed by atoms with Crippen LogP contribution in [0, 0.1) is 5.82 Å². The fraction of sp³-hybridized carbons (Fsp3) is 0.278. The van der Waals surface area contributed by atoms with Crippen LogP contribution in [0.4, 0.5) is 4.39 Å². The van der Waals surface area contributed by atoms with Gasteiger partial charge in [-0.1, -0.05) is 42.5 Å². The first-order chi connectivity index (χ1) is 10.6. The number of hydrogen-bond donors (Lipinski definition) is 0. The Morgan fingerprint density at radius 1 is 0.955 bits per heavy atom. The molecule has 2 aromatic carbocycles. The van der Waals surface area contributed by atoms with E-state index in [4.69, 9.17) is 0 Å². The molecule has 0 unspecified atom stereocenters. The standard InChI is InChI=1S/C18H21FN2O/c1-20(2)12-13-21(14-15-8-4-3-5-9-15)18(22)16-10-6-7-11-17(16)19/h3-11H,12-14H2,1-2H3. The van der Waals surface area contributed by atoms with Gasteiger partial charge in [0.1, 0.15) is 5.82 Å². The second-order valence-electron chi connectivity index (χ2n) is 5.50. The van der Waals surface area contributed by atoms with E-state index in [1.165, 1.54) is 12.1 Å². The van der Waals surface area contributed by atoms with E-state index in [-0.39, 0.29) is 11.5 Å². The average Bonchev–Trinajstić information content (AvgIpc) is 2.52. The van der Waals surface area contributed by atoms with Crippen LogP contribution in [-0.4, -0.2) is 42.9 Å². The van der Waals surface area contributed by atoms with Crippen molar-refractivity contribution in [3.8, 4) is 0 Å². The number of hydrogen-bond acceptors (Lipinski definition) is 2. The zero-order valence-corrected chi connectivity index (χ0v) is 13.0. The summed E-state index contributed by atoms with van der Waals surface area (Å²) in [4.78, 5) is 16.3. The van der Waals surface area contributed by atoms with Crippen LogP contribution in [0.5, 0.6) is 0 Å². The predicted molar refractivity (Wildman–Crippen MR) is 86.1 cm³/mol. The number of rotatable bonds is 6. The maximum atomic E-state index is 13.9. The molecule has 0 radical (unpaired) electrons. The highest BCUT2D eigenvalue weighted by Crippen LogP contribution is 2.13. The smallest absolute Gasteiger partial charge is 0.257 e. The molecule has 3 nitrogen and oxygen atoms in total. The summed E-state index contributed by atoms with van der Waals surface area (Å²) < 4.78 is 13.9. The van der Waals surface area contributed by atoms with Crippen molar-refractivity contribution in [2.24, 2.45) is 0 Å². The van der Waals surface area contributed by atoms with E-state index in [2.05, 4.69) is 0 Å². The molecule has 116 valence electrons. The lowest BCUT2D eigenvalue weighted by molar-refractivity contribution is 0.0727. The Morgan fingerprint density at radius 3 is 2.23 bits per heavy atom. The van der Waals surface area contributed by atoms with Gasteiger partial charge in [-0.15, -0.1) is 0 Å². The van der Waals surface area contributed by atoms with Crippen molar-refractivity contribution in [1.82, 2.24) is 9.80 Å². The molecule has 22 heavy (non-hydrogen) atoms. The SMILES string of the molecule is CN(C)CCN(Cc1ccccc1)C(=O)c1ccccc1F. The van der Waals surface area contributed by atoms with E-state index < -0.39 is 5.82 Å². The van der Waals surface area contributed by atoms with Crippen LogP contribution >= 0.6 is 0 Å². The summed E-state index contributed by atoms with van der Waals surface area (Å²) >= 11 is 0. The second kappa shape index (κ2) is 7.71. The Balaban J connectivity index is 2.20. The van der Waals surface area contributed by atoms with E-state index >= 15 is 0 Å². The summed E-state index contributed by atoms with van der Waals surface area (Å²) in [6.45, 7) is 1.75. The van der Waals surface area contributed by atoms with Gasteiger partial charge in [-0.25, -0.2) is 4.39 Å². The van der Waals surface area contributed by atoms with E-state index in [1.54, 1.807) is 17.0 Å². The van der Waals surface area contributed by atoms with Crippen molar-refractivity contribution < 1.29 is 9.18 Å². The Labute approximate surface area is 131 Å². The van der Waals surface area contributed by atoms with Gasteiger partial charge in [-0.05, 0) is 31.8 Å². The molecule has 0 fully saturated rings. The number of carbonyl (C=O) groups is 1. The third kappa shape index (κ3) is 4.40. The normalized spacial score (nSPS) is 10.7.